The van der Waals surface area contributed by atoms with Crippen LogP contribution in [0.4, 0.5) is 11.4 Å². The maximum Gasteiger partial charge on any atom is 0.340 e. The van der Waals surface area contributed by atoms with Gasteiger partial charge in [0.25, 0.3) is 0 Å². The van der Waals surface area contributed by atoms with E-state index in [1.807, 2.05) is 12.1 Å². The zero-order valence-corrected chi connectivity index (χ0v) is 10.7. The van der Waals surface area contributed by atoms with Gasteiger partial charge in [-0.15, -0.1) is 0 Å². The van der Waals surface area contributed by atoms with Gasteiger partial charge in [0, 0.05) is 11.4 Å². The molecule has 0 aliphatic rings. The normalized spacial score (nSPS) is 10.2. The fourth-order valence-electron chi connectivity index (χ4n) is 1.65. The third kappa shape index (κ3) is 3.28. The first-order chi connectivity index (χ1) is 9.20. The summed E-state index contributed by atoms with van der Waals surface area (Å²) >= 11 is 0. The molecule has 19 heavy (non-hydrogen) atoms. The molecule has 1 aromatic carbocycles. The summed E-state index contributed by atoms with van der Waals surface area (Å²) in [6, 6.07) is 8.86. The molecule has 5 nitrogen and oxygen atoms in total. The molecule has 0 fully saturated rings. The van der Waals surface area contributed by atoms with Crippen LogP contribution in [-0.4, -0.2) is 12.6 Å². The molecule has 1 heterocycles. The standard InChI is InChI=1S/C14H16N2O3/c1-2-18-14(17)12-8-10(5-6-13(12)15)16-9-11-4-3-7-19-11/h3-8,16H,2,9,15H2,1H3. The van der Waals surface area contributed by atoms with Crippen molar-refractivity contribution in [2.24, 2.45) is 0 Å². The fraction of sp³-hybridized carbons (Fsp3) is 0.214. The lowest BCUT2D eigenvalue weighted by molar-refractivity contribution is 0.0527. The number of nitrogen functional groups attached to an aromatic ring is 1. The molecule has 0 amide bonds. The van der Waals surface area contributed by atoms with Crippen molar-refractivity contribution in [1.82, 2.24) is 0 Å². The molecule has 3 N–H and O–H groups in total. The summed E-state index contributed by atoms with van der Waals surface area (Å²) < 4.78 is 10.2. The summed E-state index contributed by atoms with van der Waals surface area (Å²) in [5.74, 6) is 0.399. The Bertz CT molecular complexity index is 550. The number of ether oxygens (including phenoxy) is 1. The van der Waals surface area contributed by atoms with Crippen LogP contribution in [-0.2, 0) is 11.3 Å². The number of furan rings is 1. The molecule has 2 aromatic rings. The quantitative estimate of drug-likeness (QED) is 0.638. The molecule has 1 aromatic heterocycles. The van der Waals surface area contributed by atoms with Crippen molar-refractivity contribution in [1.29, 1.82) is 0 Å². The van der Waals surface area contributed by atoms with E-state index in [-0.39, 0.29) is 0 Å². The highest BCUT2D eigenvalue weighted by Gasteiger charge is 2.11. The summed E-state index contributed by atoms with van der Waals surface area (Å²) in [4.78, 5) is 11.7. The van der Waals surface area contributed by atoms with Crippen LogP contribution in [0.3, 0.4) is 0 Å². The molecule has 0 atom stereocenters. The number of esters is 1. The molecule has 0 aliphatic carbocycles. The van der Waals surface area contributed by atoms with Crippen LogP contribution in [0.1, 0.15) is 23.0 Å². The molecule has 0 saturated carbocycles. The molecule has 0 unspecified atom stereocenters. The highest BCUT2D eigenvalue weighted by atomic mass is 16.5. The smallest absolute Gasteiger partial charge is 0.340 e. The largest absolute Gasteiger partial charge is 0.467 e. The Hall–Kier alpha value is -2.43. The van der Waals surface area contributed by atoms with Gasteiger partial charge in [-0.25, -0.2) is 4.79 Å². The number of anilines is 2. The van der Waals surface area contributed by atoms with Crippen molar-refractivity contribution in [2.45, 2.75) is 13.5 Å². The van der Waals surface area contributed by atoms with Crippen LogP contribution in [0.5, 0.6) is 0 Å². The van der Waals surface area contributed by atoms with Crippen LogP contribution in [0, 0.1) is 0 Å². The van der Waals surface area contributed by atoms with Crippen molar-refractivity contribution in [3.05, 3.63) is 47.9 Å². The monoisotopic (exact) mass is 260 g/mol. The summed E-state index contributed by atoms with van der Waals surface area (Å²) in [5, 5.41) is 3.15. The number of carbonyl (C=O) groups excluding carboxylic acids is 1. The zero-order valence-electron chi connectivity index (χ0n) is 10.7. The van der Waals surface area contributed by atoms with Gasteiger partial charge in [-0.3, -0.25) is 0 Å². The molecule has 100 valence electrons. The Labute approximate surface area is 111 Å². The Morgan fingerprint density at radius 2 is 2.26 bits per heavy atom. The van der Waals surface area contributed by atoms with Crippen molar-refractivity contribution < 1.29 is 13.9 Å². The lowest BCUT2D eigenvalue weighted by Gasteiger charge is -2.09. The van der Waals surface area contributed by atoms with E-state index in [1.165, 1.54) is 0 Å². The van der Waals surface area contributed by atoms with Gasteiger partial charge < -0.3 is 20.2 Å². The molecule has 2 rings (SSSR count). The van der Waals surface area contributed by atoms with E-state index in [9.17, 15) is 4.79 Å². The minimum Gasteiger partial charge on any atom is -0.467 e. The van der Waals surface area contributed by atoms with Gasteiger partial charge in [0.2, 0.25) is 0 Å². The average molecular weight is 260 g/mol. The second-order valence-corrected chi connectivity index (χ2v) is 3.96. The fourth-order valence-corrected chi connectivity index (χ4v) is 1.65. The van der Waals surface area contributed by atoms with Gasteiger partial charge in [-0.2, -0.15) is 0 Å². The van der Waals surface area contributed by atoms with E-state index in [4.69, 9.17) is 14.9 Å². The summed E-state index contributed by atoms with van der Waals surface area (Å²) in [6.45, 7) is 2.62. The number of carbonyl (C=O) groups is 1. The van der Waals surface area contributed by atoms with E-state index < -0.39 is 5.97 Å². The Balaban J connectivity index is 2.09. The number of hydrogen-bond donors (Lipinski definition) is 2. The van der Waals surface area contributed by atoms with Crippen molar-refractivity contribution in [3.8, 4) is 0 Å². The van der Waals surface area contributed by atoms with Gasteiger partial charge >= 0.3 is 5.97 Å². The predicted molar refractivity (Wildman–Crippen MR) is 72.8 cm³/mol. The Morgan fingerprint density at radius 1 is 1.42 bits per heavy atom. The number of nitrogens with two attached hydrogens (primary N) is 1. The maximum atomic E-state index is 11.7. The Morgan fingerprint density at radius 3 is 2.95 bits per heavy atom. The van der Waals surface area contributed by atoms with Crippen LogP contribution < -0.4 is 11.1 Å². The minimum absolute atomic E-state index is 0.322. The summed E-state index contributed by atoms with van der Waals surface area (Å²) in [5.41, 5.74) is 7.32. The zero-order chi connectivity index (χ0) is 13.7. The molecular weight excluding hydrogens is 244 g/mol. The third-order valence-corrected chi connectivity index (χ3v) is 2.60. The van der Waals surface area contributed by atoms with E-state index in [0.29, 0.717) is 24.4 Å². The molecule has 0 radical (unpaired) electrons. The first-order valence-electron chi connectivity index (χ1n) is 6.03. The van der Waals surface area contributed by atoms with Crippen molar-refractivity contribution in [2.75, 3.05) is 17.7 Å². The van der Waals surface area contributed by atoms with E-state index in [1.54, 1.807) is 31.4 Å². The van der Waals surface area contributed by atoms with Crippen LogP contribution in [0.2, 0.25) is 0 Å². The third-order valence-electron chi connectivity index (χ3n) is 2.60. The topological polar surface area (TPSA) is 77.5 Å². The minimum atomic E-state index is -0.415. The molecule has 0 aliphatic heterocycles. The van der Waals surface area contributed by atoms with Gasteiger partial charge in [-0.1, -0.05) is 0 Å². The molecule has 0 spiro atoms. The SMILES string of the molecule is CCOC(=O)c1cc(NCc2ccco2)ccc1N. The highest BCUT2D eigenvalue weighted by Crippen LogP contribution is 2.19. The van der Waals surface area contributed by atoms with Gasteiger partial charge in [0.15, 0.2) is 0 Å². The molecule has 0 bridgehead atoms. The summed E-state index contributed by atoms with van der Waals surface area (Å²) in [7, 11) is 0. The first-order valence-corrected chi connectivity index (χ1v) is 6.03. The van der Waals surface area contributed by atoms with E-state index in [2.05, 4.69) is 5.32 Å². The van der Waals surface area contributed by atoms with Crippen molar-refractivity contribution in [3.63, 3.8) is 0 Å². The summed E-state index contributed by atoms with van der Waals surface area (Å²) in [6.07, 6.45) is 1.62. The lowest BCUT2D eigenvalue weighted by Crippen LogP contribution is -2.09. The number of benzene rings is 1. The van der Waals surface area contributed by atoms with Crippen LogP contribution in [0.15, 0.2) is 41.0 Å². The Kier molecular flexibility index (Phi) is 4.07. The highest BCUT2D eigenvalue weighted by molar-refractivity contribution is 5.96. The van der Waals surface area contributed by atoms with E-state index >= 15 is 0 Å². The van der Waals surface area contributed by atoms with E-state index in [0.717, 1.165) is 11.4 Å². The van der Waals surface area contributed by atoms with Gasteiger partial charge in [0.1, 0.15) is 5.76 Å². The second-order valence-electron chi connectivity index (χ2n) is 3.96. The number of hydrogen-bond acceptors (Lipinski definition) is 5. The second kappa shape index (κ2) is 5.95. The molecule has 5 heteroatoms. The van der Waals surface area contributed by atoms with Gasteiger partial charge in [-0.05, 0) is 37.3 Å². The molecule has 0 saturated heterocycles. The first kappa shape index (κ1) is 13.0. The van der Waals surface area contributed by atoms with Crippen LogP contribution in [0.25, 0.3) is 0 Å². The lowest BCUT2D eigenvalue weighted by atomic mass is 10.1. The number of rotatable bonds is 5. The van der Waals surface area contributed by atoms with Crippen LogP contribution >= 0.6 is 0 Å². The van der Waals surface area contributed by atoms with Crippen molar-refractivity contribution >= 4 is 17.3 Å². The number of nitrogens with one attached hydrogen (secondary N) is 1. The predicted octanol–water partition coefficient (Wildman–Crippen LogP) is 2.65. The van der Waals surface area contributed by atoms with Gasteiger partial charge in [0.05, 0.1) is 25.0 Å². The maximum absolute atomic E-state index is 11.7. The molecular formula is C14H16N2O3. The average Bonchev–Trinajstić information content (AvgIpc) is 2.91.